The molecule has 0 bridgehead atoms. The number of benzene rings is 1. The zero-order valence-electron chi connectivity index (χ0n) is 16.7. The molecule has 1 saturated heterocycles. The predicted molar refractivity (Wildman–Crippen MR) is 122 cm³/mol. The number of guanidine groups is 1. The monoisotopic (exact) mass is 491 g/mol. The second kappa shape index (κ2) is 14.1. The predicted octanol–water partition coefficient (Wildman–Crippen LogP) is 2.92. The maximum absolute atomic E-state index is 13.2. The standard InChI is InChI=1S/C20H34FN5.HI/c1-3-22-20(24-17-18-8-7-9-19(21)16-18)23-10-5-6-11-26-14-12-25(4-2)13-15-26;/h7-9,16H,3-6,10-15,17H2,1-2H3,(H2,22,23,24);1H. The van der Waals surface area contributed by atoms with Crippen LogP contribution in [0.3, 0.4) is 0 Å². The van der Waals surface area contributed by atoms with Crippen molar-refractivity contribution in [3.05, 3.63) is 35.6 Å². The Morgan fingerprint density at radius 1 is 1.07 bits per heavy atom. The van der Waals surface area contributed by atoms with E-state index >= 15 is 0 Å². The topological polar surface area (TPSA) is 42.9 Å². The molecule has 0 spiro atoms. The highest BCUT2D eigenvalue weighted by Gasteiger charge is 2.14. The minimum absolute atomic E-state index is 0. The summed E-state index contributed by atoms with van der Waals surface area (Å²) in [5.41, 5.74) is 0.883. The lowest BCUT2D eigenvalue weighted by atomic mass is 10.2. The Balaban J connectivity index is 0.00000364. The molecule has 7 heteroatoms. The zero-order chi connectivity index (χ0) is 18.6. The van der Waals surface area contributed by atoms with Crippen LogP contribution < -0.4 is 10.6 Å². The first kappa shape index (κ1) is 24.1. The molecule has 27 heavy (non-hydrogen) atoms. The van der Waals surface area contributed by atoms with Crippen molar-refractivity contribution >= 4 is 29.9 Å². The lowest BCUT2D eigenvalue weighted by Crippen LogP contribution is -2.46. The number of likely N-dealkylation sites (N-methyl/N-ethyl adjacent to an activating group) is 1. The lowest BCUT2D eigenvalue weighted by molar-refractivity contribution is 0.136. The Morgan fingerprint density at radius 2 is 1.81 bits per heavy atom. The first-order valence-corrected chi connectivity index (χ1v) is 9.92. The molecule has 5 nitrogen and oxygen atoms in total. The molecular formula is C20H35FIN5. The molecule has 0 radical (unpaired) electrons. The van der Waals surface area contributed by atoms with Gasteiger partial charge in [0.05, 0.1) is 6.54 Å². The van der Waals surface area contributed by atoms with E-state index in [2.05, 4.69) is 39.3 Å². The quantitative estimate of drug-likeness (QED) is 0.241. The number of hydrogen-bond donors (Lipinski definition) is 2. The summed E-state index contributed by atoms with van der Waals surface area (Å²) >= 11 is 0. The van der Waals surface area contributed by atoms with Crippen LogP contribution in [0.15, 0.2) is 29.3 Å². The van der Waals surface area contributed by atoms with Gasteiger partial charge in [0.1, 0.15) is 5.82 Å². The van der Waals surface area contributed by atoms with Crippen LogP contribution in [0, 0.1) is 5.82 Å². The molecule has 0 atom stereocenters. The van der Waals surface area contributed by atoms with Gasteiger partial charge in [0.2, 0.25) is 0 Å². The summed E-state index contributed by atoms with van der Waals surface area (Å²) in [5, 5.41) is 6.63. The third-order valence-corrected chi connectivity index (χ3v) is 4.76. The fourth-order valence-electron chi connectivity index (χ4n) is 3.14. The molecular weight excluding hydrogens is 456 g/mol. The van der Waals surface area contributed by atoms with Gasteiger partial charge in [0, 0.05) is 39.3 Å². The molecule has 2 rings (SSSR count). The van der Waals surface area contributed by atoms with E-state index in [1.807, 2.05) is 6.07 Å². The van der Waals surface area contributed by atoms with E-state index in [0.29, 0.717) is 6.54 Å². The van der Waals surface area contributed by atoms with Gasteiger partial charge in [-0.15, -0.1) is 24.0 Å². The largest absolute Gasteiger partial charge is 0.357 e. The molecule has 154 valence electrons. The molecule has 1 aliphatic rings. The molecule has 1 fully saturated rings. The van der Waals surface area contributed by atoms with Gasteiger partial charge in [-0.3, -0.25) is 0 Å². The number of aliphatic imine (C=N–C) groups is 1. The minimum atomic E-state index is -0.213. The summed E-state index contributed by atoms with van der Waals surface area (Å²) in [6, 6.07) is 6.61. The van der Waals surface area contributed by atoms with Crippen LogP contribution in [0.4, 0.5) is 4.39 Å². The van der Waals surface area contributed by atoms with Crippen molar-refractivity contribution < 1.29 is 4.39 Å². The molecule has 0 saturated carbocycles. The normalized spacial score (nSPS) is 16.0. The fourth-order valence-corrected chi connectivity index (χ4v) is 3.14. The van der Waals surface area contributed by atoms with Gasteiger partial charge in [0.15, 0.2) is 5.96 Å². The zero-order valence-corrected chi connectivity index (χ0v) is 19.0. The van der Waals surface area contributed by atoms with E-state index in [4.69, 9.17) is 0 Å². The summed E-state index contributed by atoms with van der Waals surface area (Å²) in [6.07, 6.45) is 2.32. The Morgan fingerprint density at radius 3 is 2.48 bits per heavy atom. The lowest BCUT2D eigenvalue weighted by Gasteiger charge is -2.34. The highest BCUT2D eigenvalue weighted by molar-refractivity contribution is 14.0. The minimum Gasteiger partial charge on any atom is -0.357 e. The van der Waals surface area contributed by atoms with E-state index in [-0.39, 0.29) is 29.8 Å². The van der Waals surface area contributed by atoms with Crippen LogP contribution in [0.5, 0.6) is 0 Å². The summed E-state index contributed by atoms with van der Waals surface area (Å²) in [6.45, 7) is 13.6. The van der Waals surface area contributed by atoms with Crippen molar-refractivity contribution in [1.82, 2.24) is 20.4 Å². The van der Waals surface area contributed by atoms with Crippen molar-refractivity contribution in [3.63, 3.8) is 0 Å². The van der Waals surface area contributed by atoms with Crippen molar-refractivity contribution in [2.24, 2.45) is 4.99 Å². The maximum atomic E-state index is 13.2. The SMILES string of the molecule is CCNC(=NCc1cccc(F)c1)NCCCCN1CCN(CC)CC1.I. The molecule has 1 aromatic carbocycles. The van der Waals surface area contributed by atoms with Gasteiger partial charge in [-0.05, 0) is 50.6 Å². The number of piperazine rings is 1. The van der Waals surface area contributed by atoms with Gasteiger partial charge in [-0.25, -0.2) is 9.38 Å². The number of halogens is 2. The van der Waals surface area contributed by atoms with Gasteiger partial charge < -0.3 is 20.4 Å². The number of hydrogen-bond acceptors (Lipinski definition) is 3. The van der Waals surface area contributed by atoms with Crippen molar-refractivity contribution in [2.45, 2.75) is 33.2 Å². The second-order valence-corrected chi connectivity index (χ2v) is 6.73. The van der Waals surface area contributed by atoms with Gasteiger partial charge >= 0.3 is 0 Å². The van der Waals surface area contributed by atoms with Crippen LogP contribution in [-0.2, 0) is 6.54 Å². The molecule has 1 aromatic rings. The van der Waals surface area contributed by atoms with E-state index in [1.54, 1.807) is 6.07 Å². The Labute approximate surface area is 180 Å². The molecule has 0 aliphatic carbocycles. The van der Waals surface area contributed by atoms with Crippen LogP contribution >= 0.6 is 24.0 Å². The second-order valence-electron chi connectivity index (χ2n) is 6.73. The van der Waals surface area contributed by atoms with Crippen LogP contribution in [-0.4, -0.2) is 68.1 Å². The van der Waals surface area contributed by atoms with Gasteiger partial charge in [0.25, 0.3) is 0 Å². The van der Waals surface area contributed by atoms with Gasteiger partial charge in [-0.2, -0.15) is 0 Å². The molecule has 0 unspecified atom stereocenters. The highest BCUT2D eigenvalue weighted by atomic mass is 127. The number of rotatable bonds is 9. The molecule has 1 aliphatic heterocycles. The average molecular weight is 491 g/mol. The van der Waals surface area contributed by atoms with Crippen molar-refractivity contribution in [3.8, 4) is 0 Å². The Kier molecular flexibility index (Phi) is 12.6. The molecule has 0 amide bonds. The first-order chi connectivity index (χ1) is 12.7. The summed E-state index contributed by atoms with van der Waals surface area (Å²) in [5.74, 6) is 0.587. The van der Waals surface area contributed by atoms with E-state index in [1.165, 1.54) is 57.8 Å². The highest BCUT2D eigenvalue weighted by Crippen LogP contribution is 2.05. The molecule has 2 N–H and O–H groups in total. The van der Waals surface area contributed by atoms with E-state index < -0.39 is 0 Å². The summed E-state index contributed by atoms with van der Waals surface area (Å²) < 4.78 is 13.2. The fraction of sp³-hybridized carbons (Fsp3) is 0.650. The maximum Gasteiger partial charge on any atom is 0.191 e. The number of unbranched alkanes of at least 4 members (excludes halogenated alkanes) is 1. The van der Waals surface area contributed by atoms with Crippen LogP contribution in [0.1, 0.15) is 32.3 Å². The third kappa shape index (κ3) is 9.71. The van der Waals surface area contributed by atoms with Crippen molar-refractivity contribution in [2.75, 3.05) is 52.4 Å². The number of nitrogens with one attached hydrogen (secondary N) is 2. The smallest absolute Gasteiger partial charge is 0.191 e. The van der Waals surface area contributed by atoms with Crippen LogP contribution in [0.2, 0.25) is 0 Å². The molecule has 1 heterocycles. The van der Waals surface area contributed by atoms with Crippen molar-refractivity contribution in [1.29, 1.82) is 0 Å². The Bertz CT molecular complexity index is 547. The number of nitrogens with zero attached hydrogens (tertiary/aromatic N) is 3. The third-order valence-electron chi connectivity index (χ3n) is 4.76. The molecule has 0 aromatic heterocycles. The summed E-state index contributed by atoms with van der Waals surface area (Å²) in [4.78, 5) is 9.62. The van der Waals surface area contributed by atoms with E-state index in [9.17, 15) is 4.39 Å². The Hall–Kier alpha value is -0.930. The van der Waals surface area contributed by atoms with Gasteiger partial charge in [-0.1, -0.05) is 19.1 Å². The average Bonchev–Trinajstić information content (AvgIpc) is 2.66. The summed E-state index contributed by atoms with van der Waals surface area (Å²) in [7, 11) is 0. The van der Waals surface area contributed by atoms with Crippen LogP contribution in [0.25, 0.3) is 0 Å². The first-order valence-electron chi connectivity index (χ1n) is 9.92. The van der Waals surface area contributed by atoms with E-state index in [0.717, 1.165) is 31.0 Å².